The average Bonchev–Trinajstić information content (AvgIpc) is 3.35. The van der Waals surface area contributed by atoms with Crippen molar-refractivity contribution in [1.82, 2.24) is 29.7 Å². The van der Waals surface area contributed by atoms with Crippen LogP contribution in [0.5, 0.6) is 0 Å². The van der Waals surface area contributed by atoms with Gasteiger partial charge in [0.05, 0.1) is 0 Å². The Morgan fingerprint density at radius 3 is 1.28 bits per heavy atom. The molecule has 0 atom stereocenters. The highest BCUT2D eigenvalue weighted by atomic mass is 16.3. The molecule has 2 saturated heterocycles. The molecule has 3 aromatic heterocycles. The minimum absolute atomic E-state index is 0.798. The van der Waals surface area contributed by atoms with Gasteiger partial charge in [0, 0.05) is 99.0 Å². The fourth-order valence-electron chi connectivity index (χ4n) is 5.42. The Balaban J connectivity index is 1.16. The average molecular weight is 521 g/mol. The smallest absolute Gasteiger partial charge is 0.225 e. The van der Waals surface area contributed by atoms with Crippen LogP contribution < -0.4 is 9.80 Å². The number of aromatic nitrogens is 4. The van der Waals surface area contributed by atoms with Crippen LogP contribution in [-0.2, 0) is 0 Å². The number of hydrogen-bond donors (Lipinski definition) is 0. The lowest BCUT2D eigenvalue weighted by atomic mass is 10.0. The van der Waals surface area contributed by atoms with Crippen LogP contribution in [0.15, 0.2) is 65.6 Å². The molecule has 0 saturated carbocycles. The molecule has 7 rings (SSSR count). The van der Waals surface area contributed by atoms with E-state index in [1.807, 2.05) is 36.9 Å². The number of nitrogens with zero attached hydrogens (tertiary/aromatic N) is 8. The molecule has 0 N–H and O–H groups in total. The summed E-state index contributed by atoms with van der Waals surface area (Å²) in [6, 6.07) is 12.6. The molecule has 5 aromatic rings. The van der Waals surface area contributed by atoms with Gasteiger partial charge in [-0.25, -0.2) is 19.9 Å². The third-order valence-electron chi connectivity index (χ3n) is 7.98. The number of anilines is 2. The summed E-state index contributed by atoms with van der Waals surface area (Å²) in [7, 11) is 4.30. The Bertz CT molecular complexity index is 1480. The highest BCUT2D eigenvalue weighted by Crippen LogP contribution is 2.35. The van der Waals surface area contributed by atoms with Gasteiger partial charge in [0.25, 0.3) is 0 Å². The lowest BCUT2D eigenvalue weighted by molar-refractivity contribution is 0.311. The van der Waals surface area contributed by atoms with E-state index in [0.29, 0.717) is 0 Å². The second-order valence-corrected chi connectivity index (χ2v) is 10.6. The van der Waals surface area contributed by atoms with Crippen molar-refractivity contribution in [3.05, 3.63) is 61.2 Å². The van der Waals surface area contributed by atoms with Crippen LogP contribution in [0.25, 0.3) is 44.2 Å². The minimum atomic E-state index is 0.798. The molecule has 0 amide bonds. The van der Waals surface area contributed by atoms with E-state index in [4.69, 9.17) is 4.42 Å². The van der Waals surface area contributed by atoms with Gasteiger partial charge in [-0.3, -0.25) is 0 Å². The third-order valence-corrected chi connectivity index (χ3v) is 7.98. The van der Waals surface area contributed by atoms with E-state index in [9.17, 15) is 0 Å². The van der Waals surface area contributed by atoms with Crippen LogP contribution in [0.2, 0.25) is 0 Å². The maximum Gasteiger partial charge on any atom is 0.225 e. The summed E-state index contributed by atoms with van der Waals surface area (Å²) < 4.78 is 6.16. The number of benzene rings is 2. The molecule has 0 radical (unpaired) electrons. The molecule has 2 aromatic carbocycles. The first kappa shape index (κ1) is 24.0. The number of likely N-dealkylation sites (N-methyl/N-ethyl adjacent to an activating group) is 2. The molecule has 198 valence electrons. The molecule has 0 aliphatic carbocycles. The monoisotopic (exact) mass is 520 g/mol. The largest absolute Gasteiger partial charge is 0.456 e. The second kappa shape index (κ2) is 9.91. The van der Waals surface area contributed by atoms with Gasteiger partial charge in [0.15, 0.2) is 0 Å². The van der Waals surface area contributed by atoms with E-state index >= 15 is 0 Å². The standard InChI is InChI=1S/C30H32N8O/c1-35-7-11-37(12-8-35)29-31-17-23(18-32-29)21-3-5-27-25(15-21)26-16-22(4-6-28(26)39-27)24-19-33-30(34-20-24)38-13-9-36(2)10-14-38/h3-6,15-20H,7-14H2,1-2H3. The van der Waals surface area contributed by atoms with Crippen LogP contribution in [0, 0.1) is 0 Å². The molecule has 9 heteroatoms. The summed E-state index contributed by atoms with van der Waals surface area (Å²) >= 11 is 0. The highest BCUT2D eigenvalue weighted by Gasteiger charge is 2.18. The normalized spacial score (nSPS) is 17.4. The topological polar surface area (TPSA) is 77.7 Å². The van der Waals surface area contributed by atoms with Crippen molar-refractivity contribution < 1.29 is 4.42 Å². The maximum absolute atomic E-state index is 6.16. The summed E-state index contributed by atoms with van der Waals surface area (Å²) in [6.07, 6.45) is 7.70. The second-order valence-electron chi connectivity index (χ2n) is 10.6. The van der Waals surface area contributed by atoms with E-state index in [1.165, 1.54) is 0 Å². The lowest BCUT2D eigenvalue weighted by Gasteiger charge is -2.32. The van der Waals surface area contributed by atoms with Gasteiger partial charge in [-0.1, -0.05) is 12.1 Å². The zero-order valence-electron chi connectivity index (χ0n) is 22.4. The summed E-state index contributed by atoms with van der Waals surface area (Å²) in [4.78, 5) is 27.9. The van der Waals surface area contributed by atoms with Crippen molar-refractivity contribution in [1.29, 1.82) is 0 Å². The fourth-order valence-corrected chi connectivity index (χ4v) is 5.42. The zero-order chi connectivity index (χ0) is 26.3. The van der Waals surface area contributed by atoms with E-state index in [1.54, 1.807) is 0 Å². The molecule has 9 nitrogen and oxygen atoms in total. The van der Waals surface area contributed by atoms with Crippen molar-refractivity contribution >= 4 is 33.8 Å². The third kappa shape index (κ3) is 4.68. The Morgan fingerprint density at radius 2 is 0.897 bits per heavy atom. The number of piperazine rings is 2. The van der Waals surface area contributed by atoms with Gasteiger partial charge in [0.2, 0.25) is 11.9 Å². The summed E-state index contributed by atoms with van der Waals surface area (Å²) in [5.41, 5.74) is 5.85. The lowest BCUT2D eigenvalue weighted by Crippen LogP contribution is -2.45. The van der Waals surface area contributed by atoms with Gasteiger partial charge < -0.3 is 24.0 Å². The van der Waals surface area contributed by atoms with E-state index in [-0.39, 0.29) is 0 Å². The van der Waals surface area contributed by atoms with Crippen molar-refractivity contribution in [2.24, 2.45) is 0 Å². The van der Waals surface area contributed by atoms with Gasteiger partial charge in [-0.05, 0) is 49.5 Å². The quantitative estimate of drug-likeness (QED) is 0.349. The van der Waals surface area contributed by atoms with Crippen LogP contribution >= 0.6 is 0 Å². The van der Waals surface area contributed by atoms with Crippen LogP contribution in [0.4, 0.5) is 11.9 Å². The van der Waals surface area contributed by atoms with Gasteiger partial charge in [0.1, 0.15) is 11.2 Å². The van der Waals surface area contributed by atoms with Crippen LogP contribution in [-0.4, -0.2) is 96.2 Å². The number of rotatable bonds is 4. The highest BCUT2D eigenvalue weighted by molar-refractivity contribution is 6.07. The van der Waals surface area contributed by atoms with E-state index in [0.717, 1.165) is 108 Å². The molecule has 2 fully saturated rings. The van der Waals surface area contributed by atoms with Crippen molar-refractivity contribution in [3.8, 4) is 22.3 Å². The van der Waals surface area contributed by atoms with Gasteiger partial charge in [-0.2, -0.15) is 0 Å². The fraction of sp³-hybridized carbons (Fsp3) is 0.333. The minimum Gasteiger partial charge on any atom is -0.456 e. The molecule has 2 aliphatic rings. The first-order valence-corrected chi connectivity index (χ1v) is 13.6. The number of hydrogen-bond acceptors (Lipinski definition) is 9. The summed E-state index contributed by atoms with van der Waals surface area (Å²) in [5, 5.41) is 2.14. The SMILES string of the molecule is CN1CCN(c2ncc(-c3ccc4oc5ccc(-c6cnc(N7CCN(C)CC7)nc6)cc5c4c3)cn2)CC1. The first-order chi connectivity index (χ1) is 19.1. The Labute approximate surface area is 227 Å². The van der Waals surface area contributed by atoms with Crippen LogP contribution in [0.1, 0.15) is 0 Å². The predicted octanol–water partition coefficient (Wildman–Crippen LogP) is 4.00. The predicted molar refractivity (Wildman–Crippen MR) is 155 cm³/mol. The van der Waals surface area contributed by atoms with Gasteiger partial charge in [-0.15, -0.1) is 0 Å². The first-order valence-electron chi connectivity index (χ1n) is 13.6. The molecule has 0 spiro atoms. The molecule has 2 aliphatic heterocycles. The van der Waals surface area contributed by atoms with Crippen molar-refractivity contribution in [3.63, 3.8) is 0 Å². The molecule has 39 heavy (non-hydrogen) atoms. The van der Waals surface area contributed by atoms with Crippen molar-refractivity contribution in [2.75, 3.05) is 76.3 Å². The number of furan rings is 1. The maximum atomic E-state index is 6.16. The molecule has 0 bridgehead atoms. The summed E-state index contributed by atoms with van der Waals surface area (Å²) in [6.45, 7) is 7.94. The Morgan fingerprint density at radius 1 is 0.513 bits per heavy atom. The van der Waals surface area contributed by atoms with Gasteiger partial charge >= 0.3 is 0 Å². The summed E-state index contributed by atoms with van der Waals surface area (Å²) in [5.74, 6) is 1.60. The van der Waals surface area contributed by atoms with E-state index in [2.05, 4.69) is 77.9 Å². The molecule has 0 unspecified atom stereocenters. The zero-order valence-corrected chi connectivity index (χ0v) is 22.4. The number of fused-ring (bicyclic) bond motifs is 3. The Kier molecular flexibility index (Phi) is 6.09. The molecule has 5 heterocycles. The van der Waals surface area contributed by atoms with Crippen molar-refractivity contribution in [2.45, 2.75) is 0 Å². The molecular weight excluding hydrogens is 488 g/mol. The van der Waals surface area contributed by atoms with E-state index < -0.39 is 0 Å². The van der Waals surface area contributed by atoms with Crippen LogP contribution in [0.3, 0.4) is 0 Å². The Hall–Kier alpha value is -4.08. The molecular formula is C30H32N8O.